The van der Waals surface area contributed by atoms with Gasteiger partial charge in [-0.25, -0.2) is 0 Å². The maximum Gasteiger partial charge on any atom is 0.416 e. The molecule has 230 valence electrons. The fourth-order valence-corrected chi connectivity index (χ4v) is 7.05. The lowest BCUT2D eigenvalue weighted by Crippen LogP contribution is -2.48. The van der Waals surface area contributed by atoms with Gasteiger partial charge in [-0.2, -0.15) is 13.2 Å². The number of likely N-dealkylation sites (tertiary alicyclic amines) is 1. The Bertz CT molecular complexity index is 1550. The first kappa shape index (κ1) is 30.3. The Hall–Kier alpha value is -3.78. The van der Waals surface area contributed by atoms with Crippen LogP contribution in [0, 0.1) is 5.41 Å². The Morgan fingerprint density at radius 1 is 0.909 bits per heavy atom. The van der Waals surface area contributed by atoms with E-state index in [4.69, 9.17) is 11.6 Å². The van der Waals surface area contributed by atoms with Crippen LogP contribution < -0.4 is 10.2 Å². The van der Waals surface area contributed by atoms with E-state index in [0.717, 1.165) is 86.1 Å². The number of nitrogens with zero attached hydrogens (tertiary/aromatic N) is 2. The van der Waals surface area contributed by atoms with Gasteiger partial charge in [0, 0.05) is 48.5 Å². The summed E-state index contributed by atoms with van der Waals surface area (Å²) in [6.45, 7) is 2.96. The Morgan fingerprint density at radius 2 is 1.59 bits per heavy atom. The van der Waals surface area contributed by atoms with Crippen molar-refractivity contribution in [1.29, 1.82) is 0 Å². The SMILES string of the molecule is O=C(C=Cc1ccccc1Cl)NC1CCc2ccc(C(=O)N3CCC4(CC3)CCN(c3ccc(C(F)(F)F)cc3)CC4)cc21. The third-order valence-electron chi connectivity index (χ3n) is 9.60. The lowest BCUT2D eigenvalue weighted by molar-refractivity contribution is -0.137. The van der Waals surface area contributed by atoms with Crippen LogP contribution in [0.2, 0.25) is 5.02 Å². The second-order valence-corrected chi connectivity index (χ2v) is 12.6. The van der Waals surface area contributed by atoms with Gasteiger partial charge in [0.15, 0.2) is 0 Å². The number of piperidine rings is 2. The van der Waals surface area contributed by atoms with Crippen molar-refractivity contribution < 1.29 is 22.8 Å². The van der Waals surface area contributed by atoms with Gasteiger partial charge in [-0.1, -0.05) is 35.9 Å². The van der Waals surface area contributed by atoms with Crippen LogP contribution in [0.1, 0.15) is 70.8 Å². The Labute approximate surface area is 260 Å². The van der Waals surface area contributed by atoms with Gasteiger partial charge in [-0.15, -0.1) is 0 Å². The molecule has 0 radical (unpaired) electrons. The zero-order chi connectivity index (χ0) is 30.9. The molecule has 1 spiro atoms. The quantitative estimate of drug-likeness (QED) is 0.297. The normalized spacial score (nSPS) is 19.8. The number of anilines is 1. The molecule has 1 aliphatic carbocycles. The van der Waals surface area contributed by atoms with Crippen LogP contribution in [0.5, 0.6) is 0 Å². The summed E-state index contributed by atoms with van der Waals surface area (Å²) in [5.74, 6) is -0.189. The molecule has 3 aliphatic rings. The van der Waals surface area contributed by atoms with Crippen molar-refractivity contribution in [3.63, 3.8) is 0 Å². The first-order chi connectivity index (χ1) is 21.1. The molecule has 6 rings (SSSR count). The van der Waals surface area contributed by atoms with Crippen molar-refractivity contribution in [3.8, 4) is 0 Å². The smallest absolute Gasteiger partial charge is 0.371 e. The van der Waals surface area contributed by atoms with Crippen LogP contribution in [-0.2, 0) is 17.4 Å². The molecule has 0 saturated carbocycles. The molecule has 2 amide bonds. The van der Waals surface area contributed by atoms with E-state index >= 15 is 0 Å². The number of amides is 2. The van der Waals surface area contributed by atoms with Crippen molar-refractivity contribution in [2.45, 2.75) is 50.7 Å². The largest absolute Gasteiger partial charge is 0.416 e. The molecule has 44 heavy (non-hydrogen) atoms. The minimum Gasteiger partial charge on any atom is -0.371 e. The highest BCUT2D eigenvalue weighted by Gasteiger charge is 2.39. The van der Waals surface area contributed by atoms with Crippen molar-refractivity contribution in [3.05, 3.63) is 106 Å². The number of carbonyl (C=O) groups is 2. The predicted octanol–water partition coefficient (Wildman–Crippen LogP) is 7.70. The van der Waals surface area contributed by atoms with Gasteiger partial charge in [0.05, 0.1) is 11.6 Å². The molecule has 9 heteroatoms. The fraction of sp³-hybridized carbons (Fsp3) is 0.371. The molecule has 2 saturated heterocycles. The minimum absolute atomic E-state index is 0.0143. The molecule has 2 heterocycles. The third kappa shape index (κ3) is 6.50. The molecular formula is C35H35ClF3N3O2. The zero-order valence-electron chi connectivity index (χ0n) is 24.4. The predicted molar refractivity (Wildman–Crippen MR) is 167 cm³/mol. The number of benzene rings is 3. The van der Waals surface area contributed by atoms with Crippen molar-refractivity contribution >= 4 is 35.2 Å². The van der Waals surface area contributed by atoms with E-state index in [1.165, 1.54) is 6.08 Å². The van der Waals surface area contributed by atoms with Crippen molar-refractivity contribution in [1.82, 2.24) is 10.2 Å². The van der Waals surface area contributed by atoms with Gasteiger partial charge in [-0.3, -0.25) is 9.59 Å². The second kappa shape index (κ2) is 12.3. The summed E-state index contributed by atoms with van der Waals surface area (Å²) in [5, 5.41) is 3.67. The van der Waals surface area contributed by atoms with E-state index in [2.05, 4.69) is 10.2 Å². The van der Waals surface area contributed by atoms with Gasteiger partial charge in [0.2, 0.25) is 5.91 Å². The monoisotopic (exact) mass is 621 g/mol. The van der Waals surface area contributed by atoms with Gasteiger partial charge in [0.1, 0.15) is 0 Å². The van der Waals surface area contributed by atoms with E-state index < -0.39 is 11.7 Å². The highest BCUT2D eigenvalue weighted by molar-refractivity contribution is 6.32. The number of hydrogen-bond acceptors (Lipinski definition) is 3. The number of nitrogens with one attached hydrogen (secondary N) is 1. The molecule has 2 aliphatic heterocycles. The second-order valence-electron chi connectivity index (χ2n) is 12.2. The maximum atomic E-state index is 13.6. The molecule has 0 bridgehead atoms. The van der Waals surface area contributed by atoms with Gasteiger partial charge in [-0.05, 0) is 109 Å². The lowest BCUT2D eigenvalue weighted by Gasteiger charge is -2.47. The van der Waals surface area contributed by atoms with E-state index in [0.29, 0.717) is 23.7 Å². The van der Waals surface area contributed by atoms with E-state index in [9.17, 15) is 22.8 Å². The van der Waals surface area contributed by atoms with Crippen LogP contribution in [0.4, 0.5) is 18.9 Å². The number of aryl methyl sites for hydroxylation is 1. The van der Waals surface area contributed by atoms with E-state index in [1.807, 2.05) is 41.3 Å². The Balaban J connectivity index is 1.03. The number of carbonyl (C=O) groups excluding carboxylic acids is 2. The molecule has 0 aromatic heterocycles. The molecule has 1 N–H and O–H groups in total. The maximum absolute atomic E-state index is 13.6. The summed E-state index contributed by atoms with van der Waals surface area (Å²) in [5.41, 5.74) is 3.92. The summed E-state index contributed by atoms with van der Waals surface area (Å²) in [6, 6.07) is 18.5. The van der Waals surface area contributed by atoms with Crippen LogP contribution >= 0.6 is 11.6 Å². The van der Waals surface area contributed by atoms with Crippen LogP contribution in [0.15, 0.2) is 72.8 Å². The molecule has 1 atom stereocenters. The molecule has 1 unspecified atom stereocenters. The molecule has 5 nitrogen and oxygen atoms in total. The molecule has 3 aromatic carbocycles. The van der Waals surface area contributed by atoms with Crippen LogP contribution in [0.3, 0.4) is 0 Å². The average molecular weight is 622 g/mol. The number of alkyl halides is 3. The average Bonchev–Trinajstić information content (AvgIpc) is 3.42. The summed E-state index contributed by atoms with van der Waals surface area (Å²) < 4.78 is 38.8. The number of rotatable bonds is 5. The van der Waals surface area contributed by atoms with E-state index in [1.54, 1.807) is 24.3 Å². The highest BCUT2D eigenvalue weighted by Crippen LogP contribution is 2.43. The Morgan fingerprint density at radius 3 is 2.27 bits per heavy atom. The van der Waals surface area contributed by atoms with Crippen molar-refractivity contribution in [2.24, 2.45) is 5.41 Å². The topological polar surface area (TPSA) is 52.7 Å². The first-order valence-electron chi connectivity index (χ1n) is 15.2. The zero-order valence-corrected chi connectivity index (χ0v) is 25.1. The molecule has 3 aromatic rings. The molecular weight excluding hydrogens is 587 g/mol. The van der Waals surface area contributed by atoms with E-state index in [-0.39, 0.29) is 23.3 Å². The standard InChI is InChI=1S/C35H35ClF3N3O2/c36-30-4-2-1-3-25(30)8-14-32(43)40-31-13-7-24-5-6-26(23-29(24)31)33(44)42-21-17-34(18-22-42)15-19-41(20-16-34)28-11-9-27(10-12-28)35(37,38)39/h1-6,8-12,14,23,31H,7,13,15-22H2,(H,40,43). The highest BCUT2D eigenvalue weighted by atomic mass is 35.5. The summed E-state index contributed by atoms with van der Waals surface area (Å²) in [7, 11) is 0. The minimum atomic E-state index is -4.33. The van der Waals surface area contributed by atoms with Crippen LogP contribution in [0.25, 0.3) is 6.08 Å². The molecule has 2 fully saturated rings. The number of hydrogen-bond donors (Lipinski definition) is 1. The lowest BCUT2D eigenvalue weighted by atomic mass is 9.71. The first-order valence-corrected chi connectivity index (χ1v) is 15.6. The summed E-state index contributed by atoms with van der Waals surface area (Å²) in [6.07, 6.45) is 4.25. The van der Waals surface area contributed by atoms with Gasteiger partial charge < -0.3 is 15.1 Å². The summed E-state index contributed by atoms with van der Waals surface area (Å²) in [4.78, 5) is 30.3. The summed E-state index contributed by atoms with van der Waals surface area (Å²) >= 11 is 6.19. The number of halogens is 4. The fourth-order valence-electron chi connectivity index (χ4n) is 6.85. The number of fused-ring (bicyclic) bond motifs is 1. The van der Waals surface area contributed by atoms with Gasteiger partial charge in [0.25, 0.3) is 5.91 Å². The van der Waals surface area contributed by atoms with Gasteiger partial charge >= 0.3 is 6.18 Å². The van der Waals surface area contributed by atoms with Crippen molar-refractivity contribution in [2.75, 3.05) is 31.1 Å². The third-order valence-corrected chi connectivity index (χ3v) is 9.95. The van der Waals surface area contributed by atoms with Crippen LogP contribution in [-0.4, -0.2) is 42.9 Å². The Kier molecular flexibility index (Phi) is 8.46.